The number of ether oxygens (including phenoxy) is 2. The minimum Gasteiger partial charge on any atom is -0.492 e. The molecule has 1 aliphatic rings. The summed E-state index contributed by atoms with van der Waals surface area (Å²) in [5.41, 5.74) is 1.44. The van der Waals surface area contributed by atoms with Crippen molar-refractivity contribution >= 4 is 11.6 Å². The third kappa shape index (κ3) is 5.19. The number of morpholine rings is 1. The number of hydrogen-bond donors (Lipinski definition) is 1. The molecule has 0 spiro atoms. The molecule has 30 heavy (non-hydrogen) atoms. The molecule has 1 atom stereocenters. The van der Waals surface area contributed by atoms with Gasteiger partial charge in [-0.1, -0.05) is 36.4 Å². The number of carbonyl (C=O) groups excluding carboxylic acids is 1. The van der Waals surface area contributed by atoms with E-state index in [4.69, 9.17) is 9.47 Å². The van der Waals surface area contributed by atoms with Gasteiger partial charge in [0.15, 0.2) is 6.04 Å². The predicted molar refractivity (Wildman–Crippen MR) is 110 cm³/mol. The first kappa shape index (κ1) is 20.0. The van der Waals surface area contributed by atoms with Gasteiger partial charge >= 0.3 is 0 Å². The molecule has 9 heteroatoms. The van der Waals surface area contributed by atoms with Crippen LogP contribution < -0.4 is 10.1 Å². The van der Waals surface area contributed by atoms with Crippen LogP contribution in [0.4, 0.5) is 5.69 Å². The molecule has 1 unspecified atom stereocenters. The highest BCUT2D eigenvalue weighted by Crippen LogP contribution is 2.22. The predicted octanol–water partition coefficient (Wildman–Crippen LogP) is 1.61. The second-order valence-corrected chi connectivity index (χ2v) is 6.92. The summed E-state index contributed by atoms with van der Waals surface area (Å²) in [5, 5.41) is 14.2. The van der Waals surface area contributed by atoms with E-state index in [9.17, 15) is 4.79 Å². The molecular formula is C21H24N6O3. The first-order chi connectivity index (χ1) is 14.8. The van der Waals surface area contributed by atoms with Crippen molar-refractivity contribution in [2.75, 3.05) is 44.8 Å². The Hall–Kier alpha value is -3.30. The molecule has 0 bridgehead atoms. The Kier molecular flexibility index (Phi) is 6.63. The Balaban J connectivity index is 1.40. The number of amides is 1. The van der Waals surface area contributed by atoms with E-state index in [1.165, 1.54) is 11.0 Å². The van der Waals surface area contributed by atoms with E-state index in [0.29, 0.717) is 18.0 Å². The quantitative estimate of drug-likeness (QED) is 0.605. The van der Waals surface area contributed by atoms with E-state index in [2.05, 4.69) is 25.7 Å². The highest BCUT2D eigenvalue weighted by Gasteiger charge is 2.24. The highest BCUT2D eigenvalue weighted by molar-refractivity contribution is 5.95. The molecule has 4 rings (SSSR count). The zero-order valence-electron chi connectivity index (χ0n) is 16.6. The summed E-state index contributed by atoms with van der Waals surface area (Å²) in [6.45, 7) is 4.82. The molecule has 2 aromatic carbocycles. The van der Waals surface area contributed by atoms with Gasteiger partial charge in [0, 0.05) is 31.4 Å². The maximum absolute atomic E-state index is 13.1. The zero-order chi connectivity index (χ0) is 20.6. The Bertz CT molecular complexity index is 929. The Morgan fingerprint density at radius 3 is 2.73 bits per heavy atom. The van der Waals surface area contributed by atoms with Crippen LogP contribution in [0, 0.1) is 0 Å². The van der Waals surface area contributed by atoms with Crippen LogP contribution in [0.25, 0.3) is 0 Å². The summed E-state index contributed by atoms with van der Waals surface area (Å²) < 4.78 is 12.7. The Morgan fingerprint density at radius 1 is 1.13 bits per heavy atom. The number of tetrazole rings is 1. The second kappa shape index (κ2) is 9.95. The number of nitrogens with one attached hydrogen (secondary N) is 1. The highest BCUT2D eigenvalue weighted by atomic mass is 16.5. The zero-order valence-corrected chi connectivity index (χ0v) is 16.6. The first-order valence-electron chi connectivity index (χ1n) is 9.91. The summed E-state index contributed by atoms with van der Waals surface area (Å²) >= 11 is 0. The maximum atomic E-state index is 13.1. The van der Waals surface area contributed by atoms with Gasteiger partial charge in [0.25, 0.3) is 5.91 Å². The van der Waals surface area contributed by atoms with Gasteiger partial charge in [-0.15, -0.1) is 5.10 Å². The lowest BCUT2D eigenvalue weighted by molar-refractivity contribution is -0.118. The molecular weight excluding hydrogens is 384 g/mol. The summed E-state index contributed by atoms with van der Waals surface area (Å²) in [7, 11) is 0. The first-order valence-corrected chi connectivity index (χ1v) is 9.91. The summed E-state index contributed by atoms with van der Waals surface area (Å²) in [6, 6.07) is 16.1. The average molecular weight is 408 g/mol. The molecule has 1 aromatic heterocycles. The third-order valence-corrected chi connectivity index (χ3v) is 4.87. The molecule has 1 N–H and O–H groups in total. The van der Waals surface area contributed by atoms with E-state index in [-0.39, 0.29) is 5.91 Å². The van der Waals surface area contributed by atoms with Crippen LogP contribution >= 0.6 is 0 Å². The van der Waals surface area contributed by atoms with Crippen LogP contribution in [0.5, 0.6) is 5.75 Å². The Morgan fingerprint density at radius 2 is 1.97 bits per heavy atom. The van der Waals surface area contributed by atoms with Crippen LogP contribution in [0.2, 0.25) is 0 Å². The lowest BCUT2D eigenvalue weighted by atomic mass is 10.1. The van der Waals surface area contributed by atoms with Crippen molar-refractivity contribution in [3.8, 4) is 5.75 Å². The molecule has 0 saturated carbocycles. The van der Waals surface area contributed by atoms with Crippen LogP contribution in [0.15, 0.2) is 60.9 Å². The number of hydrogen-bond acceptors (Lipinski definition) is 7. The minimum absolute atomic E-state index is 0.237. The fraction of sp³-hybridized carbons (Fsp3) is 0.333. The number of carbonyl (C=O) groups is 1. The number of anilines is 1. The minimum atomic E-state index is -0.674. The fourth-order valence-electron chi connectivity index (χ4n) is 3.34. The van der Waals surface area contributed by atoms with Crippen LogP contribution in [-0.4, -0.2) is 70.5 Å². The smallest absolute Gasteiger partial charge is 0.253 e. The normalized spacial score (nSPS) is 15.5. The standard InChI is InChI=1S/C21H24N6O3/c28-21(20(27-16-22-24-25-27)17-5-2-1-3-6-17)23-18-7-4-8-19(15-18)30-14-11-26-9-12-29-13-10-26/h1-8,15-16,20H,9-14H2,(H,23,28). The van der Waals surface area contributed by atoms with Gasteiger partial charge in [0.2, 0.25) is 0 Å². The van der Waals surface area contributed by atoms with Gasteiger partial charge in [-0.25, -0.2) is 4.68 Å². The molecule has 2 heterocycles. The van der Waals surface area contributed by atoms with Crippen molar-refractivity contribution in [1.29, 1.82) is 0 Å². The van der Waals surface area contributed by atoms with Crippen molar-refractivity contribution in [2.45, 2.75) is 6.04 Å². The SMILES string of the molecule is O=C(Nc1cccc(OCCN2CCOCC2)c1)C(c1ccccc1)n1cnnn1. The summed E-state index contributed by atoms with van der Waals surface area (Å²) in [6.07, 6.45) is 1.43. The van der Waals surface area contributed by atoms with Gasteiger partial charge in [0.05, 0.1) is 13.2 Å². The van der Waals surface area contributed by atoms with E-state index in [0.717, 1.165) is 38.4 Å². The number of benzene rings is 2. The molecule has 156 valence electrons. The van der Waals surface area contributed by atoms with Crippen LogP contribution in [0.1, 0.15) is 11.6 Å². The molecule has 1 aliphatic heterocycles. The lowest BCUT2D eigenvalue weighted by Crippen LogP contribution is -2.38. The molecule has 0 radical (unpaired) electrons. The molecule has 3 aromatic rings. The van der Waals surface area contributed by atoms with E-state index < -0.39 is 6.04 Å². The number of nitrogens with zero attached hydrogens (tertiary/aromatic N) is 5. The van der Waals surface area contributed by atoms with E-state index in [1.54, 1.807) is 0 Å². The summed E-state index contributed by atoms with van der Waals surface area (Å²) in [5.74, 6) is 0.471. The molecule has 9 nitrogen and oxygen atoms in total. The van der Waals surface area contributed by atoms with Gasteiger partial charge in [-0.2, -0.15) is 0 Å². The topological polar surface area (TPSA) is 94.4 Å². The van der Waals surface area contributed by atoms with Crippen molar-refractivity contribution in [3.05, 3.63) is 66.5 Å². The average Bonchev–Trinajstić information content (AvgIpc) is 3.30. The largest absolute Gasteiger partial charge is 0.492 e. The molecule has 1 amide bonds. The van der Waals surface area contributed by atoms with E-state index >= 15 is 0 Å². The maximum Gasteiger partial charge on any atom is 0.253 e. The van der Waals surface area contributed by atoms with Crippen molar-refractivity contribution < 1.29 is 14.3 Å². The molecule has 0 aliphatic carbocycles. The van der Waals surface area contributed by atoms with Gasteiger partial charge in [0.1, 0.15) is 18.7 Å². The van der Waals surface area contributed by atoms with Crippen LogP contribution in [0.3, 0.4) is 0 Å². The van der Waals surface area contributed by atoms with Crippen molar-refractivity contribution in [1.82, 2.24) is 25.1 Å². The van der Waals surface area contributed by atoms with Gasteiger partial charge < -0.3 is 14.8 Å². The van der Waals surface area contributed by atoms with Gasteiger partial charge in [-0.05, 0) is 28.1 Å². The molecule has 1 fully saturated rings. The van der Waals surface area contributed by atoms with Crippen molar-refractivity contribution in [3.63, 3.8) is 0 Å². The molecule has 1 saturated heterocycles. The van der Waals surface area contributed by atoms with Crippen LogP contribution in [-0.2, 0) is 9.53 Å². The fourth-order valence-corrected chi connectivity index (χ4v) is 3.34. The monoisotopic (exact) mass is 408 g/mol. The second-order valence-electron chi connectivity index (χ2n) is 6.92. The van der Waals surface area contributed by atoms with E-state index in [1.807, 2.05) is 54.6 Å². The Labute approximate surface area is 174 Å². The number of rotatable bonds is 8. The summed E-state index contributed by atoms with van der Waals surface area (Å²) in [4.78, 5) is 15.4. The lowest BCUT2D eigenvalue weighted by Gasteiger charge is -2.26. The van der Waals surface area contributed by atoms with Gasteiger partial charge in [-0.3, -0.25) is 9.69 Å². The van der Waals surface area contributed by atoms with Crippen molar-refractivity contribution in [2.24, 2.45) is 0 Å². The number of aromatic nitrogens is 4. The third-order valence-electron chi connectivity index (χ3n) is 4.87.